The number of carboxylic acid groups (broad SMARTS) is 2. The lowest BCUT2D eigenvalue weighted by molar-refractivity contribution is -0.204. The van der Waals surface area contributed by atoms with Crippen LogP contribution in [0.4, 0.5) is 0 Å². The fraction of sp³-hybridized carbons (Fsp3) is 0.667. The number of allylic oxidation sites excluding steroid dienone is 1. The monoisotopic (exact) mass is 410 g/mol. The minimum absolute atomic E-state index is 0.0888. The molecular formula is C21H30O8. The number of carbonyl (C=O) groups excluding carboxylic acids is 1. The third-order valence-corrected chi connectivity index (χ3v) is 6.54. The molecule has 0 bridgehead atoms. The Balaban J connectivity index is 2.42. The van der Waals surface area contributed by atoms with Crippen molar-refractivity contribution in [1.82, 2.24) is 0 Å². The number of hydrogen-bond acceptors (Lipinski definition) is 6. The van der Waals surface area contributed by atoms with E-state index in [1.165, 1.54) is 12.2 Å². The van der Waals surface area contributed by atoms with Crippen molar-refractivity contribution in [3.05, 3.63) is 23.8 Å². The fourth-order valence-corrected chi connectivity index (χ4v) is 5.29. The van der Waals surface area contributed by atoms with Crippen LogP contribution in [0.5, 0.6) is 0 Å². The number of carbonyl (C=O) groups is 3. The van der Waals surface area contributed by atoms with Crippen LogP contribution in [0.2, 0.25) is 0 Å². The van der Waals surface area contributed by atoms with Crippen LogP contribution < -0.4 is 0 Å². The van der Waals surface area contributed by atoms with Crippen molar-refractivity contribution in [3.8, 4) is 0 Å². The van der Waals surface area contributed by atoms with E-state index in [0.29, 0.717) is 12.8 Å². The van der Waals surface area contributed by atoms with Gasteiger partial charge in [-0.3, -0.25) is 4.79 Å². The van der Waals surface area contributed by atoms with Gasteiger partial charge in [-0.25, -0.2) is 9.59 Å². The van der Waals surface area contributed by atoms with Gasteiger partial charge in [0.2, 0.25) is 0 Å². The van der Waals surface area contributed by atoms with Gasteiger partial charge >= 0.3 is 17.9 Å². The van der Waals surface area contributed by atoms with E-state index in [2.05, 4.69) is 0 Å². The molecule has 0 spiro atoms. The standard InChI is InChI=1S/C21H30O8/c1-19(2)9-6-10-20(3)17(19)14(11-13(12-22)21(20,28)18(26)27)29-16(25)8-5-4-7-15(23)24/h5,8,11,14,17,22,28H,4,6-7,9-10,12H2,1-3H3,(H,23,24)(H,26,27)/b8-5+. The molecule has 0 amide bonds. The first-order chi connectivity index (χ1) is 13.4. The summed E-state index contributed by atoms with van der Waals surface area (Å²) in [6.45, 7) is 4.92. The van der Waals surface area contributed by atoms with Gasteiger partial charge < -0.3 is 25.2 Å². The van der Waals surface area contributed by atoms with E-state index in [9.17, 15) is 29.7 Å². The van der Waals surface area contributed by atoms with Crippen LogP contribution in [0.25, 0.3) is 0 Å². The number of carboxylic acids is 2. The Kier molecular flexibility index (Phi) is 6.59. The number of esters is 1. The highest BCUT2D eigenvalue weighted by molar-refractivity contribution is 5.84. The van der Waals surface area contributed by atoms with Crippen LogP contribution in [-0.4, -0.2) is 56.6 Å². The van der Waals surface area contributed by atoms with Gasteiger partial charge in [-0.2, -0.15) is 0 Å². The zero-order chi connectivity index (χ0) is 22.0. The van der Waals surface area contributed by atoms with Crippen molar-refractivity contribution in [3.63, 3.8) is 0 Å². The van der Waals surface area contributed by atoms with Crippen molar-refractivity contribution in [2.24, 2.45) is 16.7 Å². The highest BCUT2D eigenvalue weighted by Gasteiger charge is 2.67. The van der Waals surface area contributed by atoms with Gasteiger partial charge in [0.05, 0.1) is 6.61 Å². The number of hydrogen-bond donors (Lipinski definition) is 4. The van der Waals surface area contributed by atoms with Crippen LogP contribution in [0.15, 0.2) is 23.8 Å². The van der Waals surface area contributed by atoms with Crippen molar-refractivity contribution < 1.29 is 39.5 Å². The van der Waals surface area contributed by atoms with E-state index in [0.717, 1.165) is 12.5 Å². The zero-order valence-corrected chi connectivity index (χ0v) is 17.1. The van der Waals surface area contributed by atoms with Crippen molar-refractivity contribution in [1.29, 1.82) is 0 Å². The number of aliphatic hydroxyl groups is 2. The van der Waals surface area contributed by atoms with Gasteiger partial charge in [0.15, 0.2) is 5.60 Å². The molecule has 162 valence electrons. The van der Waals surface area contributed by atoms with E-state index in [1.807, 2.05) is 13.8 Å². The Morgan fingerprint density at radius 2 is 1.86 bits per heavy atom. The molecule has 2 aliphatic carbocycles. The summed E-state index contributed by atoms with van der Waals surface area (Å²) in [6.07, 6.45) is 5.04. The molecule has 1 saturated carbocycles. The summed E-state index contributed by atoms with van der Waals surface area (Å²) >= 11 is 0. The summed E-state index contributed by atoms with van der Waals surface area (Å²) in [5, 5.41) is 39.5. The maximum absolute atomic E-state index is 12.3. The molecule has 2 aliphatic rings. The highest BCUT2D eigenvalue weighted by atomic mass is 16.5. The number of fused-ring (bicyclic) bond motifs is 1. The number of rotatable bonds is 7. The highest BCUT2D eigenvalue weighted by Crippen LogP contribution is 2.61. The molecule has 29 heavy (non-hydrogen) atoms. The first kappa shape index (κ1) is 23.1. The molecule has 8 heteroatoms. The lowest BCUT2D eigenvalue weighted by Gasteiger charge is -2.60. The van der Waals surface area contributed by atoms with Crippen LogP contribution >= 0.6 is 0 Å². The van der Waals surface area contributed by atoms with Crippen LogP contribution in [-0.2, 0) is 19.1 Å². The maximum atomic E-state index is 12.3. The second kappa shape index (κ2) is 8.28. The third-order valence-electron chi connectivity index (χ3n) is 6.54. The predicted octanol–water partition coefficient (Wildman–Crippen LogP) is 1.90. The molecule has 0 radical (unpaired) electrons. The summed E-state index contributed by atoms with van der Waals surface area (Å²) in [4.78, 5) is 35.0. The van der Waals surface area contributed by atoms with E-state index in [-0.39, 0.29) is 18.4 Å². The SMILES string of the molecule is CC1(C)CCCC2(C)C1C(OC(=O)/C=C/CCC(=O)O)C=C(CO)C2(O)C(=O)O. The Morgan fingerprint density at radius 3 is 2.41 bits per heavy atom. The van der Waals surface area contributed by atoms with Crippen molar-refractivity contribution in [2.45, 2.75) is 64.6 Å². The molecule has 2 rings (SSSR count). The number of aliphatic hydroxyl groups excluding tert-OH is 1. The Labute approximate surface area is 169 Å². The second-order valence-corrected chi connectivity index (χ2v) is 8.84. The van der Waals surface area contributed by atoms with Gasteiger partial charge in [-0.1, -0.05) is 33.3 Å². The first-order valence-corrected chi connectivity index (χ1v) is 9.77. The van der Waals surface area contributed by atoms with E-state index in [4.69, 9.17) is 9.84 Å². The van der Waals surface area contributed by atoms with E-state index < -0.39 is 53.0 Å². The van der Waals surface area contributed by atoms with Crippen molar-refractivity contribution >= 4 is 17.9 Å². The molecule has 0 saturated heterocycles. The maximum Gasteiger partial charge on any atom is 0.340 e. The van der Waals surface area contributed by atoms with E-state index >= 15 is 0 Å². The number of aliphatic carboxylic acids is 2. The normalized spacial score (nSPS) is 33.6. The molecule has 0 aliphatic heterocycles. The quantitative estimate of drug-likeness (QED) is 0.283. The lowest BCUT2D eigenvalue weighted by Crippen LogP contribution is -2.66. The summed E-state index contributed by atoms with van der Waals surface area (Å²) in [5.74, 6) is -3.57. The molecule has 8 nitrogen and oxygen atoms in total. The summed E-state index contributed by atoms with van der Waals surface area (Å²) in [6, 6.07) is 0. The zero-order valence-electron chi connectivity index (χ0n) is 17.1. The van der Waals surface area contributed by atoms with Crippen molar-refractivity contribution in [2.75, 3.05) is 6.61 Å². The first-order valence-electron chi connectivity index (χ1n) is 9.77. The van der Waals surface area contributed by atoms with Gasteiger partial charge in [0.25, 0.3) is 0 Å². The molecule has 0 heterocycles. The van der Waals surface area contributed by atoms with Crippen LogP contribution in [0.3, 0.4) is 0 Å². The Morgan fingerprint density at radius 1 is 1.21 bits per heavy atom. The molecule has 4 N–H and O–H groups in total. The molecule has 4 unspecified atom stereocenters. The topological polar surface area (TPSA) is 141 Å². The predicted molar refractivity (Wildman–Crippen MR) is 103 cm³/mol. The molecule has 0 aromatic rings. The average Bonchev–Trinajstić information content (AvgIpc) is 2.60. The van der Waals surface area contributed by atoms with Gasteiger partial charge in [-0.05, 0) is 36.3 Å². The summed E-state index contributed by atoms with van der Waals surface area (Å²) in [5.41, 5.74) is -3.92. The Hall–Kier alpha value is -2.19. The van der Waals surface area contributed by atoms with Crippen LogP contribution in [0.1, 0.15) is 52.9 Å². The summed E-state index contributed by atoms with van der Waals surface area (Å²) < 4.78 is 5.61. The van der Waals surface area contributed by atoms with Crippen LogP contribution in [0, 0.1) is 16.7 Å². The minimum Gasteiger partial charge on any atom is -0.481 e. The lowest BCUT2D eigenvalue weighted by atomic mass is 9.46. The van der Waals surface area contributed by atoms with Gasteiger partial charge in [-0.15, -0.1) is 0 Å². The molecular weight excluding hydrogens is 380 g/mol. The van der Waals surface area contributed by atoms with Gasteiger partial charge in [0.1, 0.15) is 6.10 Å². The summed E-state index contributed by atoms with van der Waals surface area (Å²) in [7, 11) is 0. The Bertz CT molecular complexity index is 737. The fourth-order valence-electron chi connectivity index (χ4n) is 5.29. The van der Waals surface area contributed by atoms with E-state index in [1.54, 1.807) is 6.92 Å². The molecule has 4 atom stereocenters. The largest absolute Gasteiger partial charge is 0.481 e. The third kappa shape index (κ3) is 4.09. The smallest absolute Gasteiger partial charge is 0.340 e. The molecule has 0 aromatic heterocycles. The second-order valence-electron chi connectivity index (χ2n) is 8.84. The molecule has 1 fully saturated rings. The molecule has 0 aromatic carbocycles. The minimum atomic E-state index is -2.26. The van der Waals surface area contributed by atoms with Gasteiger partial charge in [0, 0.05) is 23.8 Å². The average molecular weight is 410 g/mol. The number of ether oxygens (including phenoxy) is 1.